The molecule has 0 unspecified atom stereocenters. The number of halogens is 1. The average molecular weight is 499 g/mol. The predicted octanol–water partition coefficient (Wildman–Crippen LogP) is 1.65. The molecule has 0 radical (unpaired) electrons. The van der Waals surface area contributed by atoms with Crippen LogP contribution in [0.15, 0.2) is 36.7 Å². The fourth-order valence-corrected chi connectivity index (χ4v) is 4.69. The van der Waals surface area contributed by atoms with Crippen molar-refractivity contribution < 1.29 is 23.7 Å². The summed E-state index contributed by atoms with van der Waals surface area (Å²) in [6, 6.07) is 6.87. The van der Waals surface area contributed by atoms with Crippen LogP contribution in [-0.4, -0.2) is 69.4 Å². The quantitative estimate of drug-likeness (QED) is 0.563. The molecule has 5 heterocycles. The standard InChI is InChI=1S/C23H23ClN6O5/c24-16-7-20-19(34-13-35-20)6-14(16)8-29-10-17-21(11-29)33-12-15-9-30(28-27-15)4-5-32-18-2-1-3-25-22(18)23(31)26-17/h1-3,6-7,9,17,21H,4-5,8,10-13H2,(H,26,31)/t17-,21-/m0/s1. The summed E-state index contributed by atoms with van der Waals surface area (Å²) in [7, 11) is 0. The number of carbonyl (C=O) groups is 1. The van der Waals surface area contributed by atoms with Crippen LogP contribution in [0.25, 0.3) is 0 Å². The number of hydrogen-bond donors (Lipinski definition) is 1. The van der Waals surface area contributed by atoms with Gasteiger partial charge in [-0.25, -0.2) is 9.67 Å². The van der Waals surface area contributed by atoms with Crippen molar-refractivity contribution in [2.45, 2.75) is 31.8 Å². The summed E-state index contributed by atoms with van der Waals surface area (Å²) in [5.74, 6) is 1.43. The van der Waals surface area contributed by atoms with Crippen molar-refractivity contribution in [1.29, 1.82) is 0 Å². The van der Waals surface area contributed by atoms with Crippen molar-refractivity contribution in [1.82, 2.24) is 30.2 Å². The molecule has 0 spiro atoms. The monoisotopic (exact) mass is 498 g/mol. The number of hydrogen-bond acceptors (Lipinski definition) is 9. The minimum Gasteiger partial charge on any atom is -0.489 e. The van der Waals surface area contributed by atoms with Gasteiger partial charge in [0.15, 0.2) is 22.9 Å². The van der Waals surface area contributed by atoms with E-state index in [1.807, 2.05) is 12.3 Å². The van der Waals surface area contributed by atoms with Gasteiger partial charge in [-0.2, -0.15) is 0 Å². The molecule has 1 amide bonds. The Labute approximate surface area is 205 Å². The van der Waals surface area contributed by atoms with E-state index in [1.165, 1.54) is 0 Å². The average Bonchev–Trinajstić information content (AvgIpc) is 3.58. The van der Waals surface area contributed by atoms with Crippen molar-refractivity contribution >= 4 is 17.5 Å². The summed E-state index contributed by atoms with van der Waals surface area (Å²) in [6.07, 6.45) is 3.14. The van der Waals surface area contributed by atoms with Crippen LogP contribution < -0.4 is 19.5 Å². The second-order valence-corrected chi connectivity index (χ2v) is 9.00. The van der Waals surface area contributed by atoms with Gasteiger partial charge >= 0.3 is 0 Å². The van der Waals surface area contributed by atoms with Crippen molar-refractivity contribution in [2.75, 3.05) is 26.5 Å². The SMILES string of the molecule is O=C1N[C@H]2CN(Cc3cc4c(cc3Cl)OCO4)C[C@@H]2OCc2cn(nn2)CCOc2cccnc21. The third-order valence-corrected chi connectivity index (χ3v) is 6.54. The van der Waals surface area contributed by atoms with E-state index in [0.29, 0.717) is 60.8 Å². The first-order valence-corrected chi connectivity index (χ1v) is 11.7. The third kappa shape index (κ3) is 4.62. The molecule has 11 nitrogen and oxygen atoms in total. The van der Waals surface area contributed by atoms with Crippen molar-refractivity contribution in [3.63, 3.8) is 0 Å². The van der Waals surface area contributed by atoms with Gasteiger partial charge in [0.1, 0.15) is 12.3 Å². The van der Waals surface area contributed by atoms with Gasteiger partial charge in [-0.05, 0) is 23.8 Å². The fourth-order valence-electron chi connectivity index (χ4n) is 4.48. The first kappa shape index (κ1) is 22.1. The molecule has 1 fully saturated rings. The molecule has 3 aliphatic rings. The molecule has 3 aromatic rings. The molecule has 1 N–H and O–H groups in total. The summed E-state index contributed by atoms with van der Waals surface area (Å²) < 4.78 is 24.7. The maximum Gasteiger partial charge on any atom is 0.274 e. The Balaban J connectivity index is 1.24. The van der Waals surface area contributed by atoms with Crippen molar-refractivity contribution in [2.24, 2.45) is 0 Å². The highest BCUT2D eigenvalue weighted by Crippen LogP contribution is 2.37. The molecule has 6 rings (SSSR count). The van der Waals surface area contributed by atoms with E-state index in [9.17, 15) is 4.79 Å². The summed E-state index contributed by atoms with van der Waals surface area (Å²) in [4.78, 5) is 19.6. The smallest absolute Gasteiger partial charge is 0.274 e. The maximum absolute atomic E-state index is 13.2. The molecular weight excluding hydrogens is 476 g/mol. The van der Waals surface area contributed by atoms with Gasteiger partial charge in [-0.1, -0.05) is 16.8 Å². The molecule has 182 valence electrons. The van der Waals surface area contributed by atoms with E-state index in [2.05, 4.69) is 25.5 Å². The van der Waals surface area contributed by atoms with Gasteiger partial charge in [0.05, 0.1) is 31.5 Å². The molecule has 0 aliphatic carbocycles. The van der Waals surface area contributed by atoms with Gasteiger partial charge < -0.3 is 24.3 Å². The van der Waals surface area contributed by atoms with Gasteiger partial charge in [0.25, 0.3) is 5.91 Å². The van der Waals surface area contributed by atoms with Gasteiger partial charge in [0.2, 0.25) is 6.79 Å². The van der Waals surface area contributed by atoms with Crippen LogP contribution in [-0.2, 0) is 24.4 Å². The zero-order valence-electron chi connectivity index (χ0n) is 18.7. The molecule has 0 saturated carbocycles. The van der Waals surface area contributed by atoms with Crippen LogP contribution in [0.3, 0.4) is 0 Å². The molecule has 1 aromatic carbocycles. The van der Waals surface area contributed by atoms with E-state index in [-0.39, 0.29) is 37.1 Å². The number of rotatable bonds is 2. The highest BCUT2D eigenvalue weighted by molar-refractivity contribution is 6.31. The first-order valence-electron chi connectivity index (χ1n) is 11.3. The molecule has 2 bridgehead atoms. The number of fused-ring (bicyclic) bond motifs is 5. The normalized spacial score (nSPS) is 22.0. The third-order valence-electron chi connectivity index (χ3n) is 6.19. The molecule has 2 aromatic heterocycles. The summed E-state index contributed by atoms with van der Waals surface area (Å²) in [6.45, 7) is 3.00. The zero-order chi connectivity index (χ0) is 23.8. The number of carbonyl (C=O) groups excluding carboxylic acids is 1. The zero-order valence-corrected chi connectivity index (χ0v) is 19.5. The number of pyridine rings is 1. The van der Waals surface area contributed by atoms with Crippen LogP contribution in [0.5, 0.6) is 17.2 Å². The Morgan fingerprint density at radius 1 is 1.14 bits per heavy atom. The topological polar surface area (TPSA) is 113 Å². The Kier molecular flexibility index (Phi) is 5.88. The van der Waals surface area contributed by atoms with E-state index in [1.54, 1.807) is 29.1 Å². The van der Waals surface area contributed by atoms with Crippen LogP contribution in [0.4, 0.5) is 0 Å². The minimum absolute atomic E-state index is 0.187. The van der Waals surface area contributed by atoms with Gasteiger partial charge in [-0.3, -0.25) is 9.69 Å². The number of nitrogens with one attached hydrogen (secondary N) is 1. The van der Waals surface area contributed by atoms with E-state index < -0.39 is 0 Å². The maximum atomic E-state index is 13.2. The number of aromatic nitrogens is 4. The Morgan fingerprint density at radius 2 is 2.03 bits per heavy atom. The highest BCUT2D eigenvalue weighted by atomic mass is 35.5. The summed E-state index contributed by atoms with van der Waals surface area (Å²) in [5, 5.41) is 12.0. The molecule has 3 aliphatic heterocycles. The lowest BCUT2D eigenvalue weighted by Gasteiger charge is -2.20. The molecule has 35 heavy (non-hydrogen) atoms. The van der Waals surface area contributed by atoms with Crippen LogP contribution in [0.2, 0.25) is 5.02 Å². The van der Waals surface area contributed by atoms with E-state index in [0.717, 1.165) is 5.56 Å². The Morgan fingerprint density at radius 3 is 2.94 bits per heavy atom. The van der Waals surface area contributed by atoms with Crippen LogP contribution in [0, 0.1) is 0 Å². The Hall–Kier alpha value is -3.41. The first-order chi connectivity index (χ1) is 17.1. The molecule has 1 saturated heterocycles. The summed E-state index contributed by atoms with van der Waals surface area (Å²) in [5.41, 5.74) is 1.86. The second kappa shape index (κ2) is 9.33. The predicted molar refractivity (Wildman–Crippen MR) is 122 cm³/mol. The highest BCUT2D eigenvalue weighted by Gasteiger charge is 2.36. The van der Waals surface area contributed by atoms with Gasteiger partial charge in [0, 0.05) is 36.9 Å². The molecular formula is C23H23ClN6O5. The minimum atomic E-state index is -0.309. The molecule has 2 atom stereocenters. The second-order valence-electron chi connectivity index (χ2n) is 8.59. The lowest BCUT2D eigenvalue weighted by Crippen LogP contribution is -2.44. The summed E-state index contributed by atoms with van der Waals surface area (Å²) >= 11 is 6.50. The number of nitrogens with zero attached hydrogens (tertiary/aromatic N) is 5. The number of amides is 1. The largest absolute Gasteiger partial charge is 0.489 e. The molecule has 12 heteroatoms. The lowest BCUT2D eigenvalue weighted by molar-refractivity contribution is 0.0292. The van der Waals surface area contributed by atoms with Crippen LogP contribution in [0.1, 0.15) is 21.7 Å². The fraction of sp³-hybridized carbons (Fsp3) is 0.391. The van der Waals surface area contributed by atoms with E-state index in [4.69, 9.17) is 30.5 Å². The number of benzene rings is 1. The van der Waals surface area contributed by atoms with E-state index >= 15 is 0 Å². The lowest BCUT2D eigenvalue weighted by atomic mass is 10.2. The van der Waals surface area contributed by atoms with Crippen molar-refractivity contribution in [3.05, 3.63) is 58.6 Å². The van der Waals surface area contributed by atoms with Gasteiger partial charge in [-0.15, -0.1) is 5.10 Å². The number of likely N-dealkylation sites (tertiary alicyclic amines) is 1. The number of ether oxygens (including phenoxy) is 4. The Bertz CT molecular complexity index is 1250. The van der Waals surface area contributed by atoms with Crippen LogP contribution >= 0.6 is 11.6 Å². The van der Waals surface area contributed by atoms with Crippen molar-refractivity contribution in [3.8, 4) is 17.2 Å².